The highest BCUT2D eigenvalue weighted by Gasteiger charge is 2.35. The van der Waals surface area contributed by atoms with E-state index in [9.17, 15) is 4.79 Å². The quantitative estimate of drug-likeness (QED) is 0.662. The van der Waals surface area contributed by atoms with Crippen LogP contribution in [0.3, 0.4) is 0 Å². The molecule has 0 bridgehead atoms. The summed E-state index contributed by atoms with van der Waals surface area (Å²) in [7, 11) is 0. The highest BCUT2D eigenvalue weighted by atomic mass is 16.5. The largest absolute Gasteiger partial charge is 0.462 e. The maximum Gasteiger partial charge on any atom is 0.311 e. The van der Waals surface area contributed by atoms with Gasteiger partial charge in [-0.25, -0.2) is 0 Å². The van der Waals surface area contributed by atoms with Crippen molar-refractivity contribution in [3.63, 3.8) is 0 Å². The monoisotopic (exact) mass is 282 g/mol. The minimum atomic E-state index is -0.352. The van der Waals surface area contributed by atoms with E-state index in [4.69, 9.17) is 4.74 Å². The lowest BCUT2D eigenvalue weighted by atomic mass is 9.72. The maximum absolute atomic E-state index is 12.3. The topological polar surface area (TPSA) is 26.3 Å². The van der Waals surface area contributed by atoms with Crippen LogP contribution in [0.1, 0.15) is 80.6 Å². The van der Waals surface area contributed by atoms with E-state index in [0.29, 0.717) is 11.3 Å². The van der Waals surface area contributed by atoms with Crippen molar-refractivity contribution in [3.8, 4) is 0 Å². The van der Waals surface area contributed by atoms with Crippen LogP contribution in [0.5, 0.6) is 0 Å². The first-order valence-electron chi connectivity index (χ1n) is 8.23. The predicted molar refractivity (Wildman–Crippen MR) is 84.5 cm³/mol. The lowest BCUT2D eigenvalue weighted by Gasteiger charge is -2.37. The van der Waals surface area contributed by atoms with Gasteiger partial charge in [0.05, 0.1) is 5.41 Å². The molecule has 0 N–H and O–H groups in total. The molecule has 0 amide bonds. The summed E-state index contributed by atoms with van der Waals surface area (Å²) < 4.78 is 5.78. The van der Waals surface area contributed by atoms with Crippen molar-refractivity contribution >= 4 is 5.97 Å². The zero-order chi connectivity index (χ0) is 15.6. The summed E-state index contributed by atoms with van der Waals surface area (Å²) in [6.07, 6.45) is 5.48. The Labute approximate surface area is 125 Å². The number of esters is 1. The standard InChI is InChI=1S/C18H34O2/c1-13(2)12-18(6,7)16(19)20-15-10-8-14(9-11-15)17(3,4)5/h13-15H,8-12H2,1-7H3. The molecule has 1 rings (SSSR count). The Hall–Kier alpha value is -0.530. The summed E-state index contributed by atoms with van der Waals surface area (Å²) in [4.78, 5) is 12.3. The lowest BCUT2D eigenvalue weighted by Crippen LogP contribution is -2.35. The fourth-order valence-electron chi connectivity index (χ4n) is 3.46. The van der Waals surface area contributed by atoms with Crippen LogP contribution in [0.2, 0.25) is 0 Å². The first-order valence-corrected chi connectivity index (χ1v) is 8.23. The average molecular weight is 282 g/mol. The van der Waals surface area contributed by atoms with Gasteiger partial charge in [0.15, 0.2) is 0 Å². The van der Waals surface area contributed by atoms with Gasteiger partial charge in [0, 0.05) is 0 Å². The van der Waals surface area contributed by atoms with Gasteiger partial charge < -0.3 is 4.74 Å². The first-order chi connectivity index (χ1) is 9.02. The zero-order valence-corrected chi connectivity index (χ0v) is 14.6. The van der Waals surface area contributed by atoms with E-state index in [1.165, 1.54) is 12.8 Å². The normalized spacial score (nSPS) is 24.8. The number of rotatable bonds is 4. The highest BCUT2D eigenvalue weighted by Crippen LogP contribution is 2.39. The molecular formula is C18H34O2. The summed E-state index contributed by atoms with van der Waals surface area (Å²) in [5.74, 6) is 1.28. The van der Waals surface area contributed by atoms with Gasteiger partial charge in [-0.1, -0.05) is 34.6 Å². The molecule has 2 nitrogen and oxygen atoms in total. The van der Waals surface area contributed by atoms with Crippen LogP contribution in [0.25, 0.3) is 0 Å². The van der Waals surface area contributed by atoms with Gasteiger partial charge in [0.25, 0.3) is 0 Å². The molecule has 2 heteroatoms. The highest BCUT2D eigenvalue weighted by molar-refractivity contribution is 5.76. The zero-order valence-electron chi connectivity index (χ0n) is 14.6. The SMILES string of the molecule is CC(C)CC(C)(C)C(=O)OC1CCC(C(C)(C)C)CC1. The second-order valence-corrected chi connectivity index (χ2v) is 8.73. The summed E-state index contributed by atoms with van der Waals surface area (Å²) in [5.41, 5.74) is 0.0287. The Balaban J connectivity index is 2.46. The van der Waals surface area contributed by atoms with Crippen LogP contribution >= 0.6 is 0 Å². The van der Waals surface area contributed by atoms with E-state index < -0.39 is 0 Å². The summed E-state index contributed by atoms with van der Waals surface area (Å²) >= 11 is 0. The van der Waals surface area contributed by atoms with Crippen molar-refractivity contribution in [3.05, 3.63) is 0 Å². The van der Waals surface area contributed by atoms with Gasteiger partial charge in [-0.05, 0) is 63.2 Å². The molecule has 20 heavy (non-hydrogen) atoms. The molecule has 0 saturated heterocycles. The molecule has 1 saturated carbocycles. The third kappa shape index (κ3) is 5.10. The Kier molecular flexibility index (Phi) is 5.69. The van der Waals surface area contributed by atoms with Crippen molar-refractivity contribution < 1.29 is 9.53 Å². The minimum Gasteiger partial charge on any atom is -0.462 e. The fourth-order valence-corrected chi connectivity index (χ4v) is 3.46. The number of carbonyl (C=O) groups excluding carboxylic acids is 1. The van der Waals surface area contributed by atoms with Crippen molar-refractivity contribution in [2.75, 3.05) is 0 Å². The van der Waals surface area contributed by atoms with Crippen LogP contribution in [-0.2, 0) is 9.53 Å². The molecule has 0 atom stereocenters. The molecule has 0 unspecified atom stereocenters. The molecule has 0 aliphatic heterocycles. The van der Waals surface area contributed by atoms with Crippen molar-refractivity contribution in [1.29, 1.82) is 0 Å². The van der Waals surface area contributed by atoms with Crippen molar-refractivity contribution in [2.24, 2.45) is 22.7 Å². The van der Waals surface area contributed by atoms with Gasteiger partial charge in [0.2, 0.25) is 0 Å². The second-order valence-electron chi connectivity index (χ2n) is 8.73. The van der Waals surface area contributed by atoms with Gasteiger partial charge >= 0.3 is 5.97 Å². The molecule has 0 radical (unpaired) electrons. The van der Waals surface area contributed by atoms with E-state index in [1.54, 1.807) is 0 Å². The molecule has 0 heterocycles. The Morgan fingerprint density at radius 2 is 1.55 bits per heavy atom. The minimum absolute atomic E-state index is 0.00888. The van der Waals surface area contributed by atoms with Crippen LogP contribution < -0.4 is 0 Å². The molecule has 0 aromatic heterocycles. The van der Waals surface area contributed by atoms with Gasteiger partial charge in [0.1, 0.15) is 6.10 Å². The molecule has 118 valence electrons. The van der Waals surface area contributed by atoms with E-state index in [1.807, 2.05) is 13.8 Å². The third-order valence-corrected chi connectivity index (χ3v) is 4.64. The Morgan fingerprint density at radius 1 is 1.05 bits per heavy atom. The van der Waals surface area contributed by atoms with E-state index >= 15 is 0 Å². The Morgan fingerprint density at radius 3 is 1.95 bits per heavy atom. The number of hydrogen-bond donors (Lipinski definition) is 0. The van der Waals surface area contributed by atoms with Gasteiger partial charge in [-0.15, -0.1) is 0 Å². The molecular weight excluding hydrogens is 248 g/mol. The van der Waals surface area contributed by atoms with Crippen LogP contribution in [0.4, 0.5) is 0 Å². The fraction of sp³-hybridized carbons (Fsp3) is 0.944. The Bertz CT molecular complexity index is 315. The van der Waals surface area contributed by atoms with Gasteiger partial charge in [-0.3, -0.25) is 4.79 Å². The molecule has 1 aliphatic carbocycles. The molecule has 0 spiro atoms. The molecule has 0 aromatic carbocycles. The van der Waals surface area contributed by atoms with Crippen molar-refractivity contribution in [1.82, 2.24) is 0 Å². The maximum atomic E-state index is 12.3. The summed E-state index contributed by atoms with van der Waals surface area (Å²) in [6, 6.07) is 0. The predicted octanol–water partition coefficient (Wildman–Crippen LogP) is 5.21. The lowest BCUT2D eigenvalue weighted by molar-refractivity contribution is -0.162. The van der Waals surface area contributed by atoms with Gasteiger partial charge in [-0.2, -0.15) is 0 Å². The summed E-state index contributed by atoms with van der Waals surface area (Å²) in [6.45, 7) is 15.3. The van der Waals surface area contributed by atoms with Crippen LogP contribution in [0, 0.1) is 22.7 Å². The van der Waals surface area contributed by atoms with E-state index in [-0.39, 0.29) is 17.5 Å². The second kappa shape index (κ2) is 6.49. The molecule has 1 aliphatic rings. The number of hydrogen-bond acceptors (Lipinski definition) is 2. The molecule has 0 aromatic rings. The van der Waals surface area contributed by atoms with E-state index in [2.05, 4.69) is 34.6 Å². The smallest absolute Gasteiger partial charge is 0.311 e. The first kappa shape index (κ1) is 17.5. The van der Waals surface area contributed by atoms with Crippen molar-refractivity contribution in [2.45, 2.75) is 86.7 Å². The number of carbonyl (C=O) groups is 1. The number of ether oxygens (including phenoxy) is 1. The third-order valence-electron chi connectivity index (χ3n) is 4.64. The van der Waals surface area contributed by atoms with E-state index in [0.717, 1.165) is 25.2 Å². The molecule has 1 fully saturated rings. The van der Waals surface area contributed by atoms with Crippen LogP contribution in [-0.4, -0.2) is 12.1 Å². The summed E-state index contributed by atoms with van der Waals surface area (Å²) in [5, 5.41) is 0. The van der Waals surface area contributed by atoms with Crippen LogP contribution in [0.15, 0.2) is 0 Å². The average Bonchev–Trinajstić information content (AvgIpc) is 2.26.